The molecule has 15 heavy (non-hydrogen) atoms. The molecule has 0 radical (unpaired) electrons. The Morgan fingerprint density at radius 2 is 2.07 bits per heavy atom. The van der Waals surface area contributed by atoms with Crippen molar-refractivity contribution >= 4 is 17.6 Å². The van der Waals surface area contributed by atoms with Crippen LogP contribution in [0.5, 0.6) is 0 Å². The number of nitrogens with zero attached hydrogens (tertiary/aromatic N) is 2. The van der Waals surface area contributed by atoms with Gasteiger partial charge in [0.1, 0.15) is 16.5 Å². The van der Waals surface area contributed by atoms with E-state index in [1.807, 2.05) is 6.92 Å². The summed E-state index contributed by atoms with van der Waals surface area (Å²) in [5.41, 5.74) is 0.820. The number of aromatic nitrogens is 2. The first kappa shape index (κ1) is 11.9. The van der Waals surface area contributed by atoms with Gasteiger partial charge >= 0.3 is 5.97 Å². The fraction of sp³-hybridized carbons (Fsp3) is 0.500. The van der Waals surface area contributed by atoms with Crippen molar-refractivity contribution < 1.29 is 9.53 Å². The molecule has 0 saturated carbocycles. The van der Waals surface area contributed by atoms with E-state index in [4.69, 9.17) is 16.3 Å². The van der Waals surface area contributed by atoms with E-state index in [0.717, 1.165) is 0 Å². The maximum atomic E-state index is 11.5. The zero-order valence-electron chi connectivity index (χ0n) is 9.00. The standard InChI is InChI=1S/C10H13ClN2O2/c1-4-7-12-6(3)8(9(11)13-7)10(14)15-5-2/h4-5H2,1-3H3. The van der Waals surface area contributed by atoms with Crippen LogP contribution in [0.25, 0.3) is 0 Å². The molecule has 1 aromatic heterocycles. The molecular formula is C10H13ClN2O2. The third-order valence-electron chi connectivity index (χ3n) is 1.89. The molecule has 1 heterocycles. The van der Waals surface area contributed by atoms with Crippen LogP contribution < -0.4 is 0 Å². The third kappa shape index (κ3) is 2.65. The predicted molar refractivity (Wildman–Crippen MR) is 57.1 cm³/mol. The van der Waals surface area contributed by atoms with Crippen LogP contribution in [0.2, 0.25) is 5.15 Å². The lowest BCUT2D eigenvalue weighted by atomic mass is 10.2. The van der Waals surface area contributed by atoms with E-state index in [2.05, 4.69) is 9.97 Å². The van der Waals surface area contributed by atoms with E-state index < -0.39 is 5.97 Å². The zero-order chi connectivity index (χ0) is 11.4. The fourth-order valence-corrected chi connectivity index (χ4v) is 1.50. The van der Waals surface area contributed by atoms with E-state index in [0.29, 0.717) is 24.5 Å². The van der Waals surface area contributed by atoms with Crippen molar-refractivity contribution in [3.8, 4) is 0 Å². The average molecular weight is 229 g/mol. The minimum Gasteiger partial charge on any atom is -0.462 e. The van der Waals surface area contributed by atoms with Crippen molar-refractivity contribution in [2.24, 2.45) is 0 Å². The van der Waals surface area contributed by atoms with Crippen LogP contribution in [0.15, 0.2) is 0 Å². The number of carbonyl (C=O) groups is 1. The SMILES string of the molecule is CCOC(=O)c1c(C)nc(CC)nc1Cl. The Bertz CT molecular complexity index is 357. The summed E-state index contributed by atoms with van der Waals surface area (Å²) in [6, 6.07) is 0. The number of halogens is 1. The lowest BCUT2D eigenvalue weighted by molar-refractivity contribution is 0.0524. The molecule has 0 N–H and O–H groups in total. The molecule has 0 amide bonds. The van der Waals surface area contributed by atoms with Gasteiger partial charge in [0.05, 0.1) is 12.3 Å². The van der Waals surface area contributed by atoms with Crippen LogP contribution in [0.1, 0.15) is 35.7 Å². The van der Waals surface area contributed by atoms with Gasteiger partial charge in [-0.15, -0.1) is 0 Å². The lowest BCUT2D eigenvalue weighted by Crippen LogP contribution is -2.11. The van der Waals surface area contributed by atoms with Gasteiger partial charge in [-0.3, -0.25) is 0 Å². The highest BCUT2D eigenvalue weighted by Gasteiger charge is 2.17. The number of aryl methyl sites for hydroxylation is 2. The maximum Gasteiger partial charge on any atom is 0.343 e. The third-order valence-corrected chi connectivity index (χ3v) is 2.16. The zero-order valence-corrected chi connectivity index (χ0v) is 9.76. The van der Waals surface area contributed by atoms with Crippen LogP contribution >= 0.6 is 11.6 Å². The van der Waals surface area contributed by atoms with Gasteiger partial charge in [-0.05, 0) is 13.8 Å². The normalized spacial score (nSPS) is 10.1. The molecule has 0 aliphatic rings. The molecule has 4 nitrogen and oxygen atoms in total. The molecule has 0 unspecified atom stereocenters. The quantitative estimate of drug-likeness (QED) is 0.588. The Balaban J connectivity index is 3.13. The number of hydrogen-bond donors (Lipinski definition) is 0. The topological polar surface area (TPSA) is 52.1 Å². The number of esters is 1. The predicted octanol–water partition coefficient (Wildman–Crippen LogP) is 2.18. The molecule has 0 aliphatic carbocycles. The molecule has 0 spiro atoms. The van der Waals surface area contributed by atoms with E-state index >= 15 is 0 Å². The van der Waals surface area contributed by atoms with Gasteiger partial charge in [0, 0.05) is 6.42 Å². The number of ether oxygens (including phenoxy) is 1. The van der Waals surface area contributed by atoms with Gasteiger partial charge in [-0.2, -0.15) is 0 Å². The highest BCUT2D eigenvalue weighted by atomic mass is 35.5. The Hall–Kier alpha value is -1.16. The maximum absolute atomic E-state index is 11.5. The Labute approximate surface area is 93.6 Å². The summed E-state index contributed by atoms with van der Waals surface area (Å²) in [6.07, 6.45) is 0.684. The second-order valence-corrected chi connectivity index (χ2v) is 3.32. The van der Waals surface area contributed by atoms with Crippen LogP contribution in [-0.2, 0) is 11.2 Å². The highest BCUT2D eigenvalue weighted by Crippen LogP contribution is 2.17. The molecular weight excluding hydrogens is 216 g/mol. The van der Waals surface area contributed by atoms with E-state index in [1.165, 1.54) is 0 Å². The molecule has 0 atom stereocenters. The van der Waals surface area contributed by atoms with E-state index in [1.54, 1.807) is 13.8 Å². The monoisotopic (exact) mass is 228 g/mol. The van der Waals surface area contributed by atoms with Gasteiger partial charge < -0.3 is 4.74 Å². The summed E-state index contributed by atoms with van der Waals surface area (Å²) in [7, 11) is 0. The summed E-state index contributed by atoms with van der Waals surface area (Å²) in [5.74, 6) is 0.160. The lowest BCUT2D eigenvalue weighted by Gasteiger charge is -2.07. The molecule has 0 aliphatic heterocycles. The van der Waals surface area contributed by atoms with E-state index in [-0.39, 0.29) is 10.7 Å². The molecule has 5 heteroatoms. The molecule has 0 saturated heterocycles. The number of carbonyl (C=O) groups excluding carboxylic acids is 1. The van der Waals surface area contributed by atoms with Crippen LogP contribution in [-0.4, -0.2) is 22.5 Å². The summed E-state index contributed by atoms with van der Waals surface area (Å²) in [5, 5.41) is 0.165. The minimum absolute atomic E-state index is 0.165. The summed E-state index contributed by atoms with van der Waals surface area (Å²) < 4.78 is 4.86. The molecule has 0 fully saturated rings. The van der Waals surface area contributed by atoms with Crippen molar-refractivity contribution in [2.75, 3.05) is 6.61 Å². The molecule has 1 aromatic rings. The minimum atomic E-state index is -0.470. The molecule has 82 valence electrons. The second kappa shape index (κ2) is 5.07. The molecule has 0 aromatic carbocycles. The van der Waals surface area contributed by atoms with Crippen LogP contribution in [0.4, 0.5) is 0 Å². The van der Waals surface area contributed by atoms with Gasteiger partial charge in [-0.1, -0.05) is 18.5 Å². The van der Waals surface area contributed by atoms with Crippen molar-refractivity contribution in [3.63, 3.8) is 0 Å². The van der Waals surface area contributed by atoms with Gasteiger partial charge in [0.15, 0.2) is 0 Å². The Morgan fingerprint density at radius 3 is 2.53 bits per heavy atom. The Morgan fingerprint density at radius 1 is 1.40 bits per heavy atom. The molecule has 0 bridgehead atoms. The smallest absolute Gasteiger partial charge is 0.343 e. The molecule has 1 rings (SSSR count). The average Bonchev–Trinajstić information content (AvgIpc) is 2.16. The van der Waals surface area contributed by atoms with Gasteiger partial charge in [0.2, 0.25) is 0 Å². The first-order valence-electron chi connectivity index (χ1n) is 4.80. The van der Waals surface area contributed by atoms with Gasteiger partial charge in [-0.25, -0.2) is 14.8 Å². The van der Waals surface area contributed by atoms with Crippen molar-refractivity contribution in [1.82, 2.24) is 9.97 Å². The first-order valence-corrected chi connectivity index (χ1v) is 5.18. The van der Waals surface area contributed by atoms with Crippen molar-refractivity contribution in [1.29, 1.82) is 0 Å². The number of hydrogen-bond acceptors (Lipinski definition) is 4. The highest BCUT2D eigenvalue weighted by molar-refractivity contribution is 6.32. The fourth-order valence-electron chi connectivity index (χ4n) is 1.19. The number of rotatable bonds is 3. The van der Waals surface area contributed by atoms with Crippen LogP contribution in [0, 0.1) is 6.92 Å². The largest absolute Gasteiger partial charge is 0.462 e. The van der Waals surface area contributed by atoms with Crippen LogP contribution in [0.3, 0.4) is 0 Å². The second-order valence-electron chi connectivity index (χ2n) is 2.97. The van der Waals surface area contributed by atoms with Crippen molar-refractivity contribution in [3.05, 3.63) is 22.2 Å². The first-order chi connectivity index (χ1) is 7.10. The Kier molecular flexibility index (Phi) is 4.03. The summed E-state index contributed by atoms with van der Waals surface area (Å²) in [6.45, 7) is 5.70. The van der Waals surface area contributed by atoms with Crippen molar-refractivity contribution in [2.45, 2.75) is 27.2 Å². The summed E-state index contributed by atoms with van der Waals surface area (Å²) >= 11 is 5.89. The van der Waals surface area contributed by atoms with E-state index in [9.17, 15) is 4.79 Å². The van der Waals surface area contributed by atoms with Gasteiger partial charge in [0.25, 0.3) is 0 Å². The summed E-state index contributed by atoms with van der Waals surface area (Å²) in [4.78, 5) is 19.7.